The van der Waals surface area contributed by atoms with Crippen LogP contribution in [0.5, 0.6) is 28.7 Å². The van der Waals surface area contributed by atoms with Crippen LogP contribution in [0.3, 0.4) is 0 Å². The van der Waals surface area contributed by atoms with Crippen LogP contribution in [0.4, 0.5) is 0 Å². The summed E-state index contributed by atoms with van der Waals surface area (Å²) in [5.74, 6) is 0.323. The van der Waals surface area contributed by atoms with Crippen LogP contribution in [0.25, 0.3) is 0 Å². The number of aromatic nitrogens is 1. The minimum absolute atomic E-state index is 0.114. The normalized spacial score (nSPS) is 12.0. The lowest BCUT2D eigenvalue weighted by Crippen LogP contribution is -2.34. The van der Waals surface area contributed by atoms with Crippen molar-refractivity contribution in [3.8, 4) is 28.7 Å². The fourth-order valence-electron chi connectivity index (χ4n) is 4.23. The van der Waals surface area contributed by atoms with Crippen LogP contribution >= 0.6 is 0 Å². The number of hydrogen-bond acceptors (Lipinski definition) is 10. The molecule has 2 atom stereocenters. The molecule has 230 valence electrons. The van der Waals surface area contributed by atoms with E-state index in [4.69, 9.17) is 23.7 Å². The number of ketones is 1. The minimum atomic E-state index is -1.31. The van der Waals surface area contributed by atoms with E-state index in [9.17, 15) is 14.7 Å². The summed E-state index contributed by atoms with van der Waals surface area (Å²) in [6.45, 7) is 2.08. The Bertz CT molecular complexity index is 1520. The summed E-state index contributed by atoms with van der Waals surface area (Å²) in [6, 6.07) is 23.2. The van der Waals surface area contributed by atoms with Crippen LogP contribution in [0.1, 0.15) is 34.1 Å². The maximum Gasteiger partial charge on any atom is 0.319 e. The highest BCUT2D eigenvalue weighted by Crippen LogP contribution is 2.30. The van der Waals surface area contributed by atoms with Crippen molar-refractivity contribution in [3.05, 3.63) is 107 Å². The van der Waals surface area contributed by atoms with Crippen molar-refractivity contribution in [3.63, 3.8) is 0 Å². The van der Waals surface area contributed by atoms with Crippen molar-refractivity contribution in [2.24, 2.45) is 5.92 Å². The van der Waals surface area contributed by atoms with E-state index in [-0.39, 0.29) is 12.2 Å². The first kappa shape index (κ1) is 31.8. The maximum atomic E-state index is 12.8. The molecule has 0 spiro atoms. The van der Waals surface area contributed by atoms with Crippen molar-refractivity contribution < 1.29 is 43.1 Å². The number of nitrogens with zero attached hydrogens (tertiary/aromatic N) is 1. The van der Waals surface area contributed by atoms with Crippen LogP contribution < -0.4 is 23.7 Å². The molecule has 0 bridgehead atoms. The molecule has 0 fully saturated rings. The van der Waals surface area contributed by atoms with Crippen molar-refractivity contribution in [2.45, 2.75) is 32.8 Å². The average Bonchev–Trinajstić information content (AvgIpc) is 3.06. The fraction of sp³-hybridized carbons (Fsp3) is 0.265. The molecule has 1 N–H and O–H groups in total. The van der Waals surface area contributed by atoms with Gasteiger partial charge >= 0.3 is 5.97 Å². The van der Waals surface area contributed by atoms with Crippen molar-refractivity contribution in [1.29, 1.82) is 0 Å². The first-order chi connectivity index (χ1) is 21.3. The smallest absolute Gasteiger partial charge is 0.319 e. The molecule has 10 heteroatoms. The SMILES string of the molecule is COC(=O)[C@H](C(=O)c1ccc(OCc2cc(OCc3ccc(OC)cc3)c(OCc3ccc(OC)cc3)cn2)cc1)[C@@H](C)O. The van der Waals surface area contributed by atoms with E-state index in [0.717, 1.165) is 22.6 Å². The van der Waals surface area contributed by atoms with Gasteiger partial charge < -0.3 is 33.5 Å². The van der Waals surface area contributed by atoms with Crippen molar-refractivity contribution in [2.75, 3.05) is 21.3 Å². The molecule has 4 aromatic rings. The van der Waals surface area contributed by atoms with E-state index < -0.39 is 23.8 Å². The number of carbonyl (C=O) groups is 2. The zero-order valence-corrected chi connectivity index (χ0v) is 25.0. The molecule has 1 heterocycles. The Morgan fingerprint density at radius 1 is 0.705 bits per heavy atom. The van der Waals surface area contributed by atoms with E-state index in [0.29, 0.717) is 36.2 Å². The van der Waals surface area contributed by atoms with Crippen molar-refractivity contribution >= 4 is 11.8 Å². The highest BCUT2D eigenvalue weighted by atomic mass is 16.5. The number of aliphatic hydroxyl groups is 1. The van der Waals surface area contributed by atoms with Gasteiger partial charge in [-0.1, -0.05) is 24.3 Å². The molecule has 4 rings (SSSR count). The van der Waals surface area contributed by atoms with Gasteiger partial charge in [0.15, 0.2) is 17.3 Å². The predicted molar refractivity (Wildman–Crippen MR) is 161 cm³/mol. The van der Waals surface area contributed by atoms with Gasteiger partial charge in [-0.3, -0.25) is 14.6 Å². The predicted octanol–water partition coefficient (Wildman–Crippen LogP) is 5.19. The largest absolute Gasteiger partial charge is 0.497 e. The van der Waals surface area contributed by atoms with Gasteiger partial charge in [0.25, 0.3) is 0 Å². The van der Waals surface area contributed by atoms with Gasteiger partial charge in [-0.25, -0.2) is 0 Å². The number of ether oxygens (including phenoxy) is 6. The van der Waals surface area contributed by atoms with E-state index in [1.807, 2.05) is 48.5 Å². The van der Waals surface area contributed by atoms with E-state index in [1.165, 1.54) is 26.2 Å². The third-order valence-electron chi connectivity index (χ3n) is 6.74. The van der Waals surface area contributed by atoms with Crippen LogP contribution in [0.15, 0.2) is 85.1 Å². The number of carbonyl (C=O) groups excluding carboxylic acids is 2. The molecular formula is C34H35NO9. The lowest BCUT2D eigenvalue weighted by Gasteiger charge is -2.16. The second-order valence-electron chi connectivity index (χ2n) is 9.81. The van der Waals surface area contributed by atoms with Gasteiger partial charge in [0.1, 0.15) is 43.0 Å². The maximum absolute atomic E-state index is 12.8. The topological polar surface area (TPSA) is 123 Å². The minimum Gasteiger partial charge on any atom is -0.497 e. The lowest BCUT2D eigenvalue weighted by atomic mass is 9.93. The summed E-state index contributed by atoms with van der Waals surface area (Å²) in [5.41, 5.74) is 2.74. The number of pyridine rings is 1. The quantitative estimate of drug-likeness (QED) is 0.111. The molecule has 3 aromatic carbocycles. The van der Waals surface area contributed by atoms with Gasteiger partial charge in [-0.2, -0.15) is 0 Å². The summed E-state index contributed by atoms with van der Waals surface area (Å²) in [6.07, 6.45) is 0.400. The van der Waals surface area contributed by atoms with Crippen LogP contribution in [-0.2, 0) is 29.4 Å². The molecule has 0 aliphatic rings. The highest BCUT2D eigenvalue weighted by molar-refractivity contribution is 6.09. The summed E-state index contributed by atoms with van der Waals surface area (Å²) in [4.78, 5) is 29.2. The van der Waals surface area contributed by atoms with Gasteiger partial charge in [0.2, 0.25) is 0 Å². The number of Topliss-reactive ketones (excluding diaryl/α,β-unsaturated/α-hetero) is 1. The summed E-state index contributed by atoms with van der Waals surface area (Å²) in [5, 5.41) is 9.91. The molecule has 0 aliphatic carbocycles. The number of esters is 1. The molecule has 0 radical (unpaired) electrons. The van der Waals surface area contributed by atoms with Gasteiger partial charge in [0.05, 0.1) is 39.3 Å². The Hall–Kier alpha value is -5.09. The molecule has 1 aromatic heterocycles. The molecule has 0 unspecified atom stereocenters. The van der Waals surface area contributed by atoms with Crippen LogP contribution in [0, 0.1) is 5.92 Å². The fourth-order valence-corrected chi connectivity index (χ4v) is 4.23. The summed E-state index contributed by atoms with van der Waals surface area (Å²) < 4.78 is 33.2. The second-order valence-corrected chi connectivity index (χ2v) is 9.81. The van der Waals surface area contributed by atoms with Crippen molar-refractivity contribution in [1.82, 2.24) is 4.98 Å². The van der Waals surface area contributed by atoms with Crippen LogP contribution in [-0.4, -0.2) is 49.3 Å². The third kappa shape index (κ3) is 8.48. The van der Waals surface area contributed by atoms with E-state index >= 15 is 0 Å². The molecular weight excluding hydrogens is 566 g/mol. The molecule has 0 saturated heterocycles. The zero-order valence-electron chi connectivity index (χ0n) is 25.0. The summed E-state index contributed by atoms with van der Waals surface area (Å²) >= 11 is 0. The number of aliphatic hydroxyl groups excluding tert-OH is 1. The molecule has 44 heavy (non-hydrogen) atoms. The summed E-state index contributed by atoms with van der Waals surface area (Å²) in [7, 11) is 4.40. The Balaban J connectivity index is 1.45. The Morgan fingerprint density at radius 3 is 1.73 bits per heavy atom. The first-order valence-electron chi connectivity index (χ1n) is 13.8. The molecule has 10 nitrogen and oxygen atoms in total. The lowest BCUT2D eigenvalue weighted by molar-refractivity contribution is -0.146. The molecule has 0 aliphatic heterocycles. The van der Waals surface area contributed by atoms with Gasteiger partial charge in [0, 0.05) is 11.6 Å². The standard InChI is InChI=1S/C34H35NO9/c1-22(36)32(34(38)41-4)33(37)25-9-15-29(16-10-25)42-21-26-17-30(43-19-23-5-11-27(39-2)12-6-23)31(18-35-26)44-20-24-7-13-28(40-3)14-8-24/h5-18,22,32,36H,19-21H2,1-4H3/t22-,32+/m1/s1. The number of hydrogen-bond donors (Lipinski definition) is 1. The highest BCUT2D eigenvalue weighted by Gasteiger charge is 2.33. The number of rotatable bonds is 15. The molecule has 0 saturated carbocycles. The Morgan fingerprint density at radius 2 is 1.23 bits per heavy atom. The number of methoxy groups -OCH3 is 3. The number of benzene rings is 3. The molecule has 0 amide bonds. The second kappa shape index (κ2) is 15.4. The monoisotopic (exact) mass is 601 g/mol. The van der Waals surface area contributed by atoms with E-state index in [2.05, 4.69) is 9.72 Å². The average molecular weight is 602 g/mol. The van der Waals surface area contributed by atoms with Gasteiger partial charge in [-0.15, -0.1) is 0 Å². The Kier molecular flexibility index (Phi) is 11.1. The zero-order chi connectivity index (χ0) is 31.5. The Labute approximate surface area is 256 Å². The van der Waals surface area contributed by atoms with Crippen LogP contribution in [0.2, 0.25) is 0 Å². The van der Waals surface area contributed by atoms with E-state index in [1.54, 1.807) is 38.6 Å². The third-order valence-corrected chi connectivity index (χ3v) is 6.74. The first-order valence-corrected chi connectivity index (χ1v) is 13.8. The van der Waals surface area contributed by atoms with Gasteiger partial charge in [-0.05, 0) is 66.6 Å².